The molecule has 1 aromatic heterocycles. The minimum absolute atomic E-state index is 0.0364. The summed E-state index contributed by atoms with van der Waals surface area (Å²) in [5.74, 6) is -2.46. The first-order valence-corrected chi connectivity index (χ1v) is 11.1. The third-order valence-electron chi connectivity index (χ3n) is 5.97. The molecule has 4 rings (SSSR count). The number of aryl methyl sites for hydroxylation is 1. The lowest BCUT2D eigenvalue weighted by molar-refractivity contribution is -0.131. The number of tetrazole rings is 1. The summed E-state index contributed by atoms with van der Waals surface area (Å²) in [5.41, 5.74) is 0.499. The van der Waals surface area contributed by atoms with Crippen LogP contribution >= 0.6 is 0 Å². The van der Waals surface area contributed by atoms with Gasteiger partial charge in [0.2, 0.25) is 5.82 Å². The average Bonchev–Trinajstić information content (AvgIpc) is 3.19. The summed E-state index contributed by atoms with van der Waals surface area (Å²) in [4.78, 5) is 13.9. The van der Waals surface area contributed by atoms with Crippen molar-refractivity contribution in [2.45, 2.75) is 44.9 Å². The van der Waals surface area contributed by atoms with Gasteiger partial charge in [-0.15, -0.1) is 10.2 Å². The molecule has 0 saturated heterocycles. The van der Waals surface area contributed by atoms with Crippen LogP contribution in [0.3, 0.4) is 0 Å². The summed E-state index contributed by atoms with van der Waals surface area (Å²) in [5, 5.41) is 20.9. The number of aromatic nitrogens is 4. The smallest absolute Gasteiger partial charge is 0.328 e. The molecule has 2 atom stereocenters. The Balaban J connectivity index is 1.86. The molecule has 3 aromatic rings. The van der Waals surface area contributed by atoms with Gasteiger partial charge in [-0.2, -0.15) is 4.80 Å². The van der Waals surface area contributed by atoms with Crippen molar-refractivity contribution in [2.75, 3.05) is 6.54 Å². The molecule has 7 nitrogen and oxygen atoms in total. The van der Waals surface area contributed by atoms with Crippen molar-refractivity contribution < 1.29 is 23.1 Å². The molecule has 0 saturated carbocycles. The van der Waals surface area contributed by atoms with Crippen LogP contribution in [-0.2, 0) is 18.3 Å². The Labute approximate surface area is 200 Å². The topological polar surface area (TPSA) is 84.1 Å². The van der Waals surface area contributed by atoms with Crippen LogP contribution in [-0.4, -0.2) is 54.4 Å². The summed E-state index contributed by atoms with van der Waals surface area (Å²) in [6, 6.07) is 6.49. The number of carbonyl (C=O) groups is 1. The van der Waals surface area contributed by atoms with E-state index in [0.29, 0.717) is 17.8 Å². The number of hydrogen-bond donors (Lipinski definition) is 1. The van der Waals surface area contributed by atoms with Crippen molar-refractivity contribution in [1.29, 1.82) is 0 Å². The van der Waals surface area contributed by atoms with Gasteiger partial charge in [0.1, 0.15) is 17.3 Å². The van der Waals surface area contributed by atoms with Crippen LogP contribution in [0.2, 0.25) is 0 Å². The number of carboxylic acid groups (broad SMARTS) is 1. The van der Waals surface area contributed by atoms with E-state index in [1.165, 1.54) is 18.6 Å². The molecule has 0 bridgehead atoms. The van der Waals surface area contributed by atoms with E-state index >= 15 is 8.78 Å². The second-order valence-corrected chi connectivity index (χ2v) is 9.43. The fraction of sp³-hybridized carbons (Fsp3) is 0.360. The average molecular weight is 486 g/mol. The van der Waals surface area contributed by atoms with Crippen molar-refractivity contribution >= 4 is 12.0 Å². The van der Waals surface area contributed by atoms with Crippen molar-refractivity contribution in [1.82, 2.24) is 25.1 Å². The SMILES string of the molecule is CC1Cc2cc(-c3nnn(C)n3)ccc2C(c2c(F)cc(/C=C/C(=O)O)cc2F)N1CC(C)(C)F. The minimum Gasteiger partial charge on any atom is -0.478 e. The molecule has 1 aliphatic heterocycles. The number of benzene rings is 2. The molecule has 10 heteroatoms. The highest BCUT2D eigenvalue weighted by Gasteiger charge is 2.39. The highest BCUT2D eigenvalue weighted by atomic mass is 19.1. The molecule has 2 heterocycles. The number of fused-ring (bicyclic) bond motifs is 1. The molecule has 0 amide bonds. The molecule has 35 heavy (non-hydrogen) atoms. The van der Waals surface area contributed by atoms with Crippen LogP contribution in [0, 0.1) is 11.6 Å². The van der Waals surface area contributed by atoms with Gasteiger partial charge in [0.05, 0.1) is 13.1 Å². The van der Waals surface area contributed by atoms with Gasteiger partial charge >= 0.3 is 5.97 Å². The van der Waals surface area contributed by atoms with Gasteiger partial charge in [0.25, 0.3) is 0 Å². The Morgan fingerprint density at radius 1 is 1.23 bits per heavy atom. The van der Waals surface area contributed by atoms with E-state index in [1.807, 2.05) is 13.0 Å². The largest absolute Gasteiger partial charge is 0.478 e. The lowest BCUT2D eigenvalue weighted by atomic mass is 9.83. The summed E-state index contributed by atoms with van der Waals surface area (Å²) >= 11 is 0. The van der Waals surface area contributed by atoms with Crippen molar-refractivity contribution in [3.8, 4) is 11.4 Å². The Morgan fingerprint density at radius 2 is 1.91 bits per heavy atom. The summed E-state index contributed by atoms with van der Waals surface area (Å²) in [6.45, 7) is 4.73. The minimum atomic E-state index is -1.61. The van der Waals surface area contributed by atoms with Crippen LogP contribution in [0.4, 0.5) is 13.2 Å². The maximum absolute atomic E-state index is 15.4. The number of alkyl halides is 1. The van der Waals surface area contributed by atoms with Crippen LogP contribution in [0.25, 0.3) is 17.5 Å². The molecule has 2 unspecified atom stereocenters. The van der Waals surface area contributed by atoms with Crippen LogP contribution in [0.15, 0.2) is 36.4 Å². The second kappa shape index (κ2) is 9.26. The molecule has 0 fully saturated rings. The maximum Gasteiger partial charge on any atom is 0.328 e. The highest BCUT2D eigenvalue weighted by molar-refractivity contribution is 5.85. The standard InChI is InChI=1S/C25H26F3N5O2/c1-14-9-17-12-16(24-29-31-32(4)30-24)6-7-18(17)23(33(14)13-25(2,3)28)22-19(26)10-15(11-20(22)27)5-8-21(34)35/h5-8,10-12,14,23H,9,13H2,1-4H3,(H,34,35)/b8-5+. The summed E-state index contributed by atoms with van der Waals surface area (Å²) in [7, 11) is 1.66. The highest BCUT2D eigenvalue weighted by Crippen LogP contribution is 2.42. The van der Waals surface area contributed by atoms with E-state index in [-0.39, 0.29) is 23.7 Å². The third-order valence-corrected chi connectivity index (χ3v) is 5.97. The first kappa shape index (κ1) is 24.6. The molecular formula is C25H26F3N5O2. The molecule has 2 aromatic carbocycles. The van der Waals surface area contributed by atoms with Gasteiger partial charge in [0.15, 0.2) is 0 Å². The number of halogens is 3. The van der Waals surface area contributed by atoms with Crippen LogP contribution in [0.5, 0.6) is 0 Å². The lowest BCUT2D eigenvalue weighted by Gasteiger charge is -2.44. The van der Waals surface area contributed by atoms with Gasteiger partial charge in [-0.3, -0.25) is 4.90 Å². The van der Waals surface area contributed by atoms with Gasteiger partial charge in [-0.25, -0.2) is 18.0 Å². The fourth-order valence-electron chi connectivity index (χ4n) is 4.59. The molecule has 1 aliphatic rings. The van der Waals surface area contributed by atoms with Crippen molar-refractivity contribution in [3.63, 3.8) is 0 Å². The zero-order chi connectivity index (χ0) is 25.5. The fourth-order valence-corrected chi connectivity index (χ4v) is 4.59. The molecule has 1 N–H and O–H groups in total. The molecule has 0 aliphatic carbocycles. The number of aliphatic carboxylic acids is 1. The Kier molecular flexibility index (Phi) is 6.50. The van der Waals surface area contributed by atoms with Crippen molar-refractivity contribution in [2.24, 2.45) is 7.05 Å². The molecule has 0 spiro atoms. The Bertz CT molecular complexity index is 1280. The maximum atomic E-state index is 15.4. The number of hydrogen-bond acceptors (Lipinski definition) is 5. The quantitative estimate of drug-likeness (QED) is 0.523. The summed E-state index contributed by atoms with van der Waals surface area (Å²) in [6.07, 6.45) is 2.48. The summed E-state index contributed by atoms with van der Waals surface area (Å²) < 4.78 is 45.7. The molecule has 184 valence electrons. The predicted molar refractivity (Wildman–Crippen MR) is 124 cm³/mol. The third kappa shape index (κ3) is 5.27. The predicted octanol–water partition coefficient (Wildman–Crippen LogP) is 4.34. The van der Waals surface area contributed by atoms with Gasteiger partial charge in [0, 0.05) is 29.8 Å². The lowest BCUT2D eigenvalue weighted by Crippen LogP contribution is -2.48. The first-order valence-electron chi connectivity index (χ1n) is 11.1. The van der Waals surface area contributed by atoms with E-state index in [9.17, 15) is 9.18 Å². The number of nitrogens with zero attached hydrogens (tertiary/aromatic N) is 5. The van der Waals surface area contributed by atoms with E-state index in [1.54, 1.807) is 24.1 Å². The van der Waals surface area contributed by atoms with E-state index in [2.05, 4.69) is 15.4 Å². The zero-order valence-electron chi connectivity index (χ0n) is 19.8. The molecule has 0 radical (unpaired) electrons. The Morgan fingerprint density at radius 3 is 2.49 bits per heavy atom. The normalized spacial score (nSPS) is 18.7. The van der Waals surface area contributed by atoms with E-state index < -0.39 is 29.3 Å². The number of carboxylic acids is 1. The number of rotatable bonds is 6. The van der Waals surface area contributed by atoms with Crippen LogP contribution in [0.1, 0.15) is 49.1 Å². The second-order valence-electron chi connectivity index (χ2n) is 9.43. The monoisotopic (exact) mass is 485 g/mol. The van der Waals surface area contributed by atoms with Gasteiger partial charge in [-0.1, -0.05) is 12.1 Å². The van der Waals surface area contributed by atoms with Crippen molar-refractivity contribution in [3.05, 3.63) is 70.3 Å². The van der Waals surface area contributed by atoms with Gasteiger partial charge in [-0.05, 0) is 73.4 Å². The Hall–Kier alpha value is -3.53. The first-order chi connectivity index (χ1) is 16.4. The van der Waals surface area contributed by atoms with E-state index in [0.717, 1.165) is 35.4 Å². The van der Waals surface area contributed by atoms with E-state index in [4.69, 9.17) is 5.11 Å². The zero-order valence-corrected chi connectivity index (χ0v) is 19.8. The van der Waals surface area contributed by atoms with Crippen LogP contribution < -0.4 is 0 Å². The molecular weight excluding hydrogens is 459 g/mol. The van der Waals surface area contributed by atoms with Gasteiger partial charge < -0.3 is 5.11 Å².